The number of nitrogens with zero attached hydrogens (tertiary/aromatic N) is 1. The normalized spacial score (nSPS) is 18.8. The summed E-state index contributed by atoms with van der Waals surface area (Å²) in [5, 5.41) is 10.2. The number of hydrogen-bond donors (Lipinski definition) is 1. The van der Waals surface area contributed by atoms with E-state index in [1.165, 1.54) is 7.11 Å². The van der Waals surface area contributed by atoms with Crippen LogP contribution in [0.2, 0.25) is 0 Å². The van der Waals surface area contributed by atoms with Crippen LogP contribution in [-0.4, -0.2) is 68.0 Å². The Balaban J connectivity index is 1.76. The number of benzene rings is 1. The Morgan fingerprint density at radius 2 is 2.04 bits per heavy atom. The lowest BCUT2D eigenvalue weighted by molar-refractivity contribution is -0.150. The molecule has 1 aromatic carbocycles. The summed E-state index contributed by atoms with van der Waals surface area (Å²) in [6.45, 7) is 4.22. The van der Waals surface area contributed by atoms with Crippen molar-refractivity contribution in [2.45, 2.75) is 25.9 Å². The zero-order valence-corrected chi connectivity index (χ0v) is 15.3. The molecule has 26 heavy (non-hydrogen) atoms. The van der Waals surface area contributed by atoms with Crippen molar-refractivity contribution in [2.24, 2.45) is 5.92 Å². The minimum absolute atomic E-state index is 0.123. The maximum atomic E-state index is 11.9. The minimum atomic E-state index is -0.670. The quantitative estimate of drug-likeness (QED) is 0.699. The number of hydrogen-bond acceptors (Lipinski definition) is 7. The largest absolute Gasteiger partial charge is 0.491 e. The third kappa shape index (κ3) is 6.00. The van der Waals surface area contributed by atoms with E-state index in [0.29, 0.717) is 31.0 Å². The van der Waals surface area contributed by atoms with Crippen molar-refractivity contribution in [2.75, 3.05) is 40.0 Å². The van der Waals surface area contributed by atoms with Crippen LogP contribution < -0.4 is 4.74 Å². The molecular weight excluding hydrogens is 338 g/mol. The van der Waals surface area contributed by atoms with Crippen LogP contribution in [0.5, 0.6) is 5.75 Å². The second-order valence-corrected chi connectivity index (χ2v) is 6.33. The Bertz CT molecular complexity index is 588. The summed E-state index contributed by atoms with van der Waals surface area (Å²) in [5.41, 5.74) is 0.443. The fourth-order valence-corrected chi connectivity index (χ4v) is 3.02. The highest BCUT2D eigenvalue weighted by Crippen LogP contribution is 2.18. The second kappa shape index (κ2) is 10.1. The molecule has 2 atom stereocenters. The summed E-state index contributed by atoms with van der Waals surface area (Å²) in [6.07, 6.45) is 1.07. The molecule has 1 N–H and O–H groups in total. The molecule has 0 bridgehead atoms. The summed E-state index contributed by atoms with van der Waals surface area (Å²) < 4.78 is 15.3. The van der Waals surface area contributed by atoms with Gasteiger partial charge in [-0.1, -0.05) is 0 Å². The van der Waals surface area contributed by atoms with E-state index >= 15 is 0 Å². The Hall–Kier alpha value is -2.12. The first-order valence-electron chi connectivity index (χ1n) is 8.91. The van der Waals surface area contributed by atoms with Gasteiger partial charge in [-0.2, -0.15) is 0 Å². The molecule has 2 unspecified atom stereocenters. The number of rotatable bonds is 8. The number of β-amino-alcohol motifs (C(OH)–C–C–N with tert-alkyl or cyclic N) is 1. The Labute approximate surface area is 153 Å². The number of methoxy groups -OCH3 is 1. The lowest BCUT2D eigenvalue weighted by Crippen LogP contribution is -2.44. The van der Waals surface area contributed by atoms with E-state index in [1.807, 2.05) is 0 Å². The van der Waals surface area contributed by atoms with Crippen LogP contribution in [0.15, 0.2) is 24.3 Å². The Morgan fingerprint density at radius 3 is 2.69 bits per heavy atom. The van der Waals surface area contributed by atoms with E-state index in [2.05, 4.69) is 9.64 Å². The zero-order chi connectivity index (χ0) is 18.9. The van der Waals surface area contributed by atoms with Gasteiger partial charge in [0.2, 0.25) is 0 Å². The number of aliphatic hydroxyl groups is 1. The van der Waals surface area contributed by atoms with Crippen LogP contribution in [-0.2, 0) is 14.3 Å². The number of carbonyl (C=O) groups is 2. The molecule has 1 saturated heterocycles. The highest BCUT2D eigenvalue weighted by molar-refractivity contribution is 5.89. The predicted molar refractivity (Wildman–Crippen MR) is 95.1 cm³/mol. The van der Waals surface area contributed by atoms with E-state index in [0.717, 1.165) is 19.4 Å². The van der Waals surface area contributed by atoms with Crippen molar-refractivity contribution >= 4 is 11.9 Å². The summed E-state index contributed by atoms with van der Waals surface area (Å²) >= 11 is 0. The molecule has 1 aliphatic heterocycles. The number of ether oxygens (including phenoxy) is 3. The molecule has 2 rings (SSSR count). The number of esters is 2. The van der Waals surface area contributed by atoms with Crippen LogP contribution in [0.1, 0.15) is 30.1 Å². The first kappa shape index (κ1) is 20.2. The van der Waals surface area contributed by atoms with Gasteiger partial charge in [-0.25, -0.2) is 4.79 Å². The number of likely N-dealkylation sites (tertiary alicyclic amines) is 1. The number of carbonyl (C=O) groups excluding carboxylic acids is 2. The van der Waals surface area contributed by atoms with Crippen molar-refractivity contribution in [3.05, 3.63) is 29.8 Å². The first-order valence-corrected chi connectivity index (χ1v) is 8.91. The Morgan fingerprint density at radius 1 is 1.31 bits per heavy atom. The molecule has 7 heteroatoms. The first-order chi connectivity index (χ1) is 12.5. The van der Waals surface area contributed by atoms with Crippen molar-refractivity contribution in [1.29, 1.82) is 0 Å². The Kier molecular flexibility index (Phi) is 7.87. The molecular formula is C19H27NO6. The summed E-state index contributed by atoms with van der Waals surface area (Å²) in [4.78, 5) is 25.3. The molecule has 0 amide bonds. The van der Waals surface area contributed by atoms with Gasteiger partial charge in [0.15, 0.2) is 0 Å². The summed E-state index contributed by atoms with van der Waals surface area (Å²) in [6, 6.07) is 6.55. The number of aliphatic hydroxyl groups excluding tert-OH is 1. The van der Waals surface area contributed by atoms with Crippen LogP contribution in [0.25, 0.3) is 0 Å². The highest BCUT2D eigenvalue weighted by atomic mass is 16.5. The molecule has 7 nitrogen and oxygen atoms in total. The molecule has 0 saturated carbocycles. The van der Waals surface area contributed by atoms with Crippen molar-refractivity contribution in [3.63, 3.8) is 0 Å². The third-order valence-corrected chi connectivity index (χ3v) is 4.31. The van der Waals surface area contributed by atoms with Gasteiger partial charge >= 0.3 is 11.9 Å². The van der Waals surface area contributed by atoms with Crippen LogP contribution in [0.4, 0.5) is 0 Å². The van der Waals surface area contributed by atoms with E-state index in [-0.39, 0.29) is 18.5 Å². The standard InChI is InChI=1S/C19H27NO6/c1-3-25-19(23)15-5-4-10-20(11-15)12-16(21)13-26-17-8-6-14(7-9-17)18(22)24-2/h6-9,15-16,21H,3-5,10-13H2,1-2H3. The van der Waals surface area contributed by atoms with E-state index < -0.39 is 12.1 Å². The lowest BCUT2D eigenvalue weighted by Gasteiger charge is -2.32. The van der Waals surface area contributed by atoms with E-state index in [4.69, 9.17) is 9.47 Å². The average Bonchev–Trinajstić information content (AvgIpc) is 2.66. The third-order valence-electron chi connectivity index (χ3n) is 4.31. The molecule has 0 spiro atoms. The molecule has 1 aliphatic rings. The van der Waals surface area contributed by atoms with Gasteiger partial charge < -0.3 is 19.3 Å². The van der Waals surface area contributed by atoms with Crippen molar-refractivity contribution in [3.8, 4) is 5.75 Å². The van der Waals surface area contributed by atoms with E-state index in [1.54, 1.807) is 31.2 Å². The molecule has 1 heterocycles. The summed E-state index contributed by atoms with van der Waals surface area (Å²) in [5.74, 6) is -0.117. The summed E-state index contributed by atoms with van der Waals surface area (Å²) in [7, 11) is 1.33. The molecule has 0 aliphatic carbocycles. The SMILES string of the molecule is CCOC(=O)C1CCCN(CC(O)COc2ccc(C(=O)OC)cc2)C1. The van der Waals surface area contributed by atoms with Crippen LogP contribution >= 0.6 is 0 Å². The van der Waals surface area contributed by atoms with Gasteiger partial charge in [0, 0.05) is 13.1 Å². The molecule has 1 aromatic rings. The average molecular weight is 365 g/mol. The predicted octanol–water partition coefficient (Wildman–Crippen LogP) is 1.49. The van der Waals surface area contributed by atoms with Gasteiger partial charge in [0.05, 0.1) is 25.2 Å². The van der Waals surface area contributed by atoms with Gasteiger partial charge in [-0.05, 0) is 50.6 Å². The second-order valence-electron chi connectivity index (χ2n) is 6.33. The van der Waals surface area contributed by atoms with Gasteiger partial charge in [-0.3, -0.25) is 9.69 Å². The van der Waals surface area contributed by atoms with E-state index in [9.17, 15) is 14.7 Å². The van der Waals surface area contributed by atoms with Crippen molar-refractivity contribution in [1.82, 2.24) is 4.90 Å². The fourth-order valence-electron chi connectivity index (χ4n) is 3.02. The monoisotopic (exact) mass is 365 g/mol. The molecule has 0 aromatic heterocycles. The van der Waals surface area contributed by atoms with Gasteiger partial charge in [0.1, 0.15) is 18.5 Å². The topological polar surface area (TPSA) is 85.3 Å². The zero-order valence-electron chi connectivity index (χ0n) is 15.3. The molecule has 1 fully saturated rings. The molecule has 144 valence electrons. The number of piperidine rings is 1. The lowest BCUT2D eigenvalue weighted by atomic mass is 9.98. The van der Waals surface area contributed by atoms with Crippen LogP contribution in [0, 0.1) is 5.92 Å². The smallest absolute Gasteiger partial charge is 0.337 e. The maximum Gasteiger partial charge on any atom is 0.337 e. The fraction of sp³-hybridized carbons (Fsp3) is 0.579. The van der Waals surface area contributed by atoms with Gasteiger partial charge in [0.25, 0.3) is 0 Å². The molecule has 0 radical (unpaired) electrons. The minimum Gasteiger partial charge on any atom is -0.491 e. The van der Waals surface area contributed by atoms with Crippen LogP contribution in [0.3, 0.4) is 0 Å². The maximum absolute atomic E-state index is 11.9. The van der Waals surface area contributed by atoms with Gasteiger partial charge in [-0.15, -0.1) is 0 Å². The highest BCUT2D eigenvalue weighted by Gasteiger charge is 2.27. The van der Waals surface area contributed by atoms with Crippen molar-refractivity contribution < 1.29 is 28.9 Å².